The van der Waals surface area contributed by atoms with E-state index in [0.29, 0.717) is 17.4 Å². The lowest BCUT2D eigenvalue weighted by molar-refractivity contribution is -0.384. The van der Waals surface area contributed by atoms with Gasteiger partial charge in [-0.25, -0.2) is 0 Å². The van der Waals surface area contributed by atoms with Crippen LogP contribution in [0.3, 0.4) is 0 Å². The number of benzene rings is 1. The van der Waals surface area contributed by atoms with Gasteiger partial charge in [-0.1, -0.05) is 31.4 Å². The molecule has 0 aromatic heterocycles. The lowest BCUT2D eigenvalue weighted by Gasteiger charge is -2.07. The molecule has 1 aromatic rings. The van der Waals surface area contributed by atoms with Crippen LogP contribution in [0.5, 0.6) is 5.75 Å². The third kappa shape index (κ3) is 3.70. The van der Waals surface area contributed by atoms with E-state index in [9.17, 15) is 10.1 Å². The van der Waals surface area contributed by atoms with Crippen molar-refractivity contribution in [1.29, 1.82) is 0 Å². The van der Waals surface area contributed by atoms with Crippen molar-refractivity contribution >= 4 is 17.3 Å². The molecule has 5 heteroatoms. The first-order valence-corrected chi connectivity index (χ1v) is 5.59. The van der Waals surface area contributed by atoms with Crippen molar-refractivity contribution in [3.63, 3.8) is 0 Å². The molecule has 1 aromatic carbocycles. The van der Waals surface area contributed by atoms with Crippen LogP contribution in [-0.4, -0.2) is 11.5 Å². The average molecular weight is 244 g/mol. The van der Waals surface area contributed by atoms with Gasteiger partial charge in [0.1, 0.15) is 5.75 Å². The van der Waals surface area contributed by atoms with E-state index in [1.54, 1.807) is 0 Å². The minimum atomic E-state index is -0.463. The van der Waals surface area contributed by atoms with E-state index in [4.69, 9.17) is 16.3 Å². The molecule has 0 unspecified atom stereocenters. The summed E-state index contributed by atoms with van der Waals surface area (Å²) < 4.78 is 5.39. The van der Waals surface area contributed by atoms with Gasteiger partial charge in [0.2, 0.25) is 0 Å². The van der Waals surface area contributed by atoms with E-state index in [2.05, 4.69) is 6.92 Å². The first-order chi connectivity index (χ1) is 7.65. The Morgan fingerprint density at radius 2 is 2.19 bits per heavy atom. The highest BCUT2D eigenvalue weighted by molar-refractivity contribution is 6.32. The Morgan fingerprint density at radius 3 is 2.81 bits per heavy atom. The Bertz CT molecular complexity index is 368. The summed E-state index contributed by atoms with van der Waals surface area (Å²) in [5.41, 5.74) is -0.00473. The minimum absolute atomic E-state index is 0.00473. The normalized spacial score (nSPS) is 10.1. The number of nitrogens with zero attached hydrogens (tertiary/aromatic N) is 1. The molecule has 0 radical (unpaired) electrons. The monoisotopic (exact) mass is 243 g/mol. The molecule has 4 nitrogen and oxygen atoms in total. The van der Waals surface area contributed by atoms with E-state index in [-0.39, 0.29) is 5.69 Å². The average Bonchev–Trinajstić information content (AvgIpc) is 2.26. The van der Waals surface area contributed by atoms with Crippen molar-refractivity contribution in [3.8, 4) is 5.75 Å². The Morgan fingerprint density at radius 1 is 1.44 bits per heavy atom. The van der Waals surface area contributed by atoms with Crippen LogP contribution < -0.4 is 4.74 Å². The summed E-state index contributed by atoms with van der Waals surface area (Å²) >= 11 is 5.87. The van der Waals surface area contributed by atoms with Crippen LogP contribution in [0.2, 0.25) is 5.02 Å². The molecule has 0 aliphatic carbocycles. The summed E-state index contributed by atoms with van der Waals surface area (Å²) in [5, 5.41) is 11.0. The fourth-order valence-corrected chi connectivity index (χ4v) is 1.42. The molecular weight excluding hydrogens is 230 g/mol. The van der Waals surface area contributed by atoms with Crippen LogP contribution in [0.1, 0.15) is 26.2 Å². The first-order valence-electron chi connectivity index (χ1n) is 5.22. The Labute approximate surface area is 99.3 Å². The number of halogens is 1. The van der Waals surface area contributed by atoms with Gasteiger partial charge in [-0.2, -0.15) is 0 Å². The number of hydrogen-bond acceptors (Lipinski definition) is 3. The van der Waals surface area contributed by atoms with Gasteiger partial charge in [0, 0.05) is 6.07 Å². The lowest BCUT2D eigenvalue weighted by Crippen LogP contribution is -1.98. The molecule has 0 saturated heterocycles. The van der Waals surface area contributed by atoms with Crippen LogP contribution in [-0.2, 0) is 0 Å². The molecule has 0 bridgehead atoms. The molecule has 0 spiro atoms. The molecule has 16 heavy (non-hydrogen) atoms. The maximum absolute atomic E-state index is 10.5. The van der Waals surface area contributed by atoms with E-state index < -0.39 is 4.92 Å². The van der Waals surface area contributed by atoms with Crippen LogP contribution in [0.25, 0.3) is 0 Å². The number of nitro benzene ring substituents is 1. The number of rotatable bonds is 6. The Kier molecular flexibility index (Phi) is 5.05. The summed E-state index contributed by atoms with van der Waals surface area (Å²) in [5.74, 6) is 0.381. The molecule has 1 rings (SSSR count). The van der Waals surface area contributed by atoms with Crippen LogP contribution in [0, 0.1) is 10.1 Å². The van der Waals surface area contributed by atoms with Crippen molar-refractivity contribution in [3.05, 3.63) is 33.3 Å². The van der Waals surface area contributed by atoms with Crippen molar-refractivity contribution in [1.82, 2.24) is 0 Å². The van der Waals surface area contributed by atoms with Crippen LogP contribution in [0.15, 0.2) is 18.2 Å². The minimum Gasteiger partial charge on any atom is -0.492 e. The predicted molar refractivity (Wildman–Crippen MR) is 63.1 cm³/mol. The molecule has 0 heterocycles. The lowest BCUT2D eigenvalue weighted by atomic mass is 10.2. The van der Waals surface area contributed by atoms with Crippen molar-refractivity contribution in [2.45, 2.75) is 26.2 Å². The largest absolute Gasteiger partial charge is 0.492 e. The maximum Gasteiger partial charge on any atom is 0.273 e. The zero-order valence-electron chi connectivity index (χ0n) is 9.11. The zero-order valence-corrected chi connectivity index (χ0v) is 9.87. The second kappa shape index (κ2) is 6.33. The third-order valence-electron chi connectivity index (χ3n) is 2.13. The van der Waals surface area contributed by atoms with Gasteiger partial charge in [-0.3, -0.25) is 10.1 Å². The molecule has 0 N–H and O–H groups in total. The fourth-order valence-electron chi connectivity index (χ4n) is 1.25. The molecule has 0 saturated carbocycles. The highest BCUT2D eigenvalue weighted by Gasteiger charge is 2.10. The molecule has 0 fully saturated rings. The zero-order chi connectivity index (χ0) is 12.0. The van der Waals surface area contributed by atoms with Gasteiger partial charge in [0.25, 0.3) is 5.69 Å². The second-order valence-electron chi connectivity index (χ2n) is 3.43. The smallest absolute Gasteiger partial charge is 0.273 e. The molecule has 0 aliphatic rings. The summed E-state index contributed by atoms with van der Waals surface area (Å²) in [6.45, 7) is 2.63. The van der Waals surface area contributed by atoms with Crippen molar-refractivity contribution < 1.29 is 9.66 Å². The van der Waals surface area contributed by atoms with Crippen LogP contribution >= 0.6 is 11.6 Å². The van der Waals surface area contributed by atoms with Gasteiger partial charge in [-0.15, -0.1) is 0 Å². The van der Waals surface area contributed by atoms with E-state index in [0.717, 1.165) is 19.3 Å². The molecule has 0 amide bonds. The number of hydrogen-bond donors (Lipinski definition) is 0. The van der Waals surface area contributed by atoms with Gasteiger partial charge in [0.05, 0.1) is 22.6 Å². The van der Waals surface area contributed by atoms with Gasteiger partial charge < -0.3 is 4.74 Å². The topological polar surface area (TPSA) is 52.4 Å². The van der Waals surface area contributed by atoms with Gasteiger partial charge in [0.15, 0.2) is 0 Å². The predicted octanol–water partition coefficient (Wildman–Crippen LogP) is 3.82. The maximum atomic E-state index is 10.5. The van der Waals surface area contributed by atoms with E-state index >= 15 is 0 Å². The second-order valence-corrected chi connectivity index (χ2v) is 3.83. The summed E-state index contributed by atoms with van der Waals surface area (Å²) in [4.78, 5) is 10.1. The molecule has 0 atom stereocenters. The summed E-state index contributed by atoms with van der Waals surface area (Å²) in [7, 11) is 0. The quantitative estimate of drug-likeness (QED) is 0.434. The van der Waals surface area contributed by atoms with Crippen molar-refractivity contribution in [2.75, 3.05) is 6.61 Å². The van der Waals surface area contributed by atoms with E-state index in [1.807, 2.05) is 0 Å². The van der Waals surface area contributed by atoms with E-state index in [1.165, 1.54) is 18.2 Å². The summed E-state index contributed by atoms with van der Waals surface area (Å²) in [6, 6.07) is 4.20. The molecule has 88 valence electrons. The number of unbranched alkanes of at least 4 members (excludes halogenated alkanes) is 2. The first kappa shape index (κ1) is 12.8. The number of nitro groups is 1. The molecule has 0 aliphatic heterocycles. The Balaban J connectivity index is 2.63. The Hall–Kier alpha value is -1.29. The fraction of sp³-hybridized carbons (Fsp3) is 0.455. The third-order valence-corrected chi connectivity index (χ3v) is 2.44. The van der Waals surface area contributed by atoms with Gasteiger partial charge >= 0.3 is 0 Å². The highest BCUT2D eigenvalue weighted by atomic mass is 35.5. The van der Waals surface area contributed by atoms with Crippen LogP contribution in [0.4, 0.5) is 5.69 Å². The number of non-ortho nitro benzene ring substituents is 1. The number of ether oxygens (including phenoxy) is 1. The molecular formula is C11H14ClNO3. The highest BCUT2D eigenvalue weighted by Crippen LogP contribution is 2.28. The SMILES string of the molecule is CCCCCOc1cc([N+](=O)[O-])ccc1Cl. The summed E-state index contributed by atoms with van der Waals surface area (Å²) in [6.07, 6.45) is 3.11. The standard InChI is InChI=1S/C11H14ClNO3/c1-2-3-4-7-16-11-8-9(13(14)15)5-6-10(11)12/h5-6,8H,2-4,7H2,1H3. The van der Waals surface area contributed by atoms with Crippen molar-refractivity contribution in [2.24, 2.45) is 0 Å². The van der Waals surface area contributed by atoms with Gasteiger partial charge in [-0.05, 0) is 12.5 Å².